The Morgan fingerprint density at radius 3 is 2.18 bits per heavy atom. The number of hydrogen-bond acceptors (Lipinski definition) is 3. The van der Waals surface area contributed by atoms with Gasteiger partial charge in [0.05, 0.1) is 0 Å². The Hall–Kier alpha value is -1.79. The average Bonchev–Trinajstić information content (AvgIpc) is 2.16. The SMILES string of the molecule is CCN(C(=O)C(C)NC(N)=O)C(C)(C)C(=O)O. The second-order valence-electron chi connectivity index (χ2n) is 4.18. The summed E-state index contributed by atoms with van der Waals surface area (Å²) in [5.41, 5.74) is 3.57. The number of rotatable bonds is 5. The Morgan fingerprint density at radius 1 is 1.41 bits per heavy atom. The van der Waals surface area contributed by atoms with Gasteiger partial charge in [-0.25, -0.2) is 9.59 Å². The van der Waals surface area contributed by atoms with Gasteiger partial charge >= 0.3 is 12.0 Å². The van der Waals surface area contributed by atoms with Crippen LogP contribution in [0.4, 0.5) is 4.79 Å². The maximum Gasteiger partial charge on any atom is 0.329 e. The zero-order valence-electron chi connectivity index (χ0n) is 10.5. The molecule has 7 nitrogen and oxygen atoms in total. The lowest BCUT2D eigenvalue weighted by atomic mass is 10.0. The van der Waals surface area contributed by atoms with E-state index in [-0.39, 0.29) is 6.54 Å². The predicted octanol–water partition coefficient (Wildman–Crippen LogP) is -0.245. The number of carbonyl (C=O) groups is 3. The van der Waals surface area contributed by atoms with E-state index in [0.29, 0.717) is 0 Å². The Balaban J connectivity index is 4.95. The summed E-state index contributed by atoms with van der Waals surface area (Å²) in [6, 6.07) is -1.68. The Labute approximate surface area is 100.0 Å². The van der Waals surface area contributed by atoms with Crippen LogP contribution in [0.1, 0.15) is 27.7 Å². The average molecular weight is 245 g/mol. The lowest BCUT2D eigenvalue weighted by molar-refractivity contribution is -0.157. The topological polar surface area (TPSA) is 113 Å². The van der Waals surface area contributed by atoms with E-state index < -0.39 is 29.5 Å². The molecule has 0 aromatic carbocycles. The maximum atomic E-state index is 12.0. The molecule has 7 heteroatoms. The number of urea groups is 1. The van der Waals surface area contributed by atoms with E-state index in [2.05, 4.69) is 5.32 Å². The molecular weight excluding hydrogens is 226 g/mol. The fourth-order valence-electron chi connectivity index (χ4n) is 1.45. The number of carboxylic acid groups (broad SMARTS) is 1. The largest absolute Gasteiger partial charge is 0.480 e. The van der Waals surface area contributed by atoms with Gasteiger partial charge in [-0.2, -0.15) is 0 Å². The summed E-state index contributed by atoms with van der Waals surface area (Å²) in [5, 5.41) is 11.3. The van der Waals surface area contributed by atoms with Crippen LogP contribution in [0, 0.1) is 0 Å². The van der Waals surface area contributed by atoms with Gasteiger partial charge in [0.1, 0.15) is 11.6 Å². The van der Waals surface area contributed by atoms with E-state index in [4.69, 9.17) is 10.8 Å². The maximum absolute atomic E-state index is 12.0. The van der Waals surface area contributed by atoms with E-state index in [1.807, 2.05) is 0 Å². The fourth-order valence-corrected chi connectivity index (χ4v) is 1.45. The molecule has 1 unspecified atom stereocenters. The van der Waals surface area contributed by atoms with E-state index in [9.17, 15) is 14.4 Å². The molecule has 1 atom stereocenters. The first kappa shape index (κ1) is 15.2. The first-order valence-corrected chi connectivity index (χ1v) is 5.25. The first-order chi connectivity index (χ1) is 7.64. The molecule has 0 aliphatic rings. The van der Waals surface area contributed by atoms with Gasteiger partial charge in [-0.3, -0.25) is 4.79 Å². The fraction of sp³-hybridized carbons (Fsp3) is 0.700. The van der Waals surface area contributed by atoms with E-state index in [0.717, 1.165) is 0 Å². The second kappa shape index (κ2) is 5.51. The van der Waals surface area contributed by atoms with Gasteiger partial charge in [-0.05, 0) is 27.7 Å². The first-order valence-electron chi connectivity index (χ1n) is 5.25. The van der Waals surface area contributed by atoms with Gasteiger partial charge in [-0.15, -0.1) is 0 Å². The third-order valence-corrected chi connectivity index (χ3v) is 2.51. The van der Waals surface area contributed by atoms with Crippen LogP contribution in [-0.2, 0) is 9.59 Å². The van der Waals surface area contributed by atoms with E-state index in [1.54, 1.807) is 6.92 Å². The molecule has 0 aliphatic carbocycles. The lowest BCUT2D eigenvalue weighted by Gasteiger charge is -2.35. The molecule has 0 spiro atoms. The molecule has 0 bridgehead atoms. The molecule has 0 saturated heterocycles. The minimum atomic E-state index is -1.33. The summed E-state index contributed by atoms with van der Waals surface area (Å²) in [5.74, 6) is -1.60. The van der Waals surface area contributed by atoms with E-state index in [1.165, 1.54) is 25.7 Å². The van der Waals surface area contributed by atoms with Crippen LogP contribution in [0.5, 0.6) is 0 Å². The molecule has 0 aromatic heterocycles. The predicted molar refractivity (Wildman–Crippen MR) is 61.3 cm³/mol. The molecule has 0 rings (SSSR count). The van der Waals surface area contributed by atoms with Crippen LogP contribution in [0.25, 0.3) is 0 Å². The Bertz CT molecular complexity index is 328. The van der Waals surface area contributed by atoms with Crippen LogP contribution in [0.15, 0.2) is 0 Å². The van der Waals surface area contributed by atoms with Crippen molar-refractivity contribution in [3.63, 3.8) is 0 Å². The van der Waals surface area contributed by atoms with Crippen LogP contribution >= 0.6 is 0 Å². The number of carbonyl (C=O) groups excluding carboxylic acids is 2. The minimum Gasteiger partial charge on any atom is -0.480 e. The number of likely N-dealkylation sites (N-methyl/N-ethyl adjacent to an activating group) is 1. The zero-order valence-corrected chi connectivity index (χ0v) is 10.5. The van der Waals surface area contributed by atoms with Crippen molar-refractivity contribution in [2.75, 3.05) is 6.54 Å². The summed E-state index contributed by atoms with van der Waals surface area (Å²) < 4.78 is 0. The molecule has 17 heavy (non-hydrogen) atoms. The summed E-state index contributed by atoms with van der Waals surface area (Å²) >= 11 is 0. The van der Waals surface area contributed by atoms with Gasteiger partial charge in [0.2, 0.25) is 5.91 Å². The molecule has 4 N–H and O–H groups in total. The lowest BCUT2D eigenvalue weighted by Crippen LogP contribution is -2.58. The van der Waals surface area contributed by atoms with Gasteiger partial charge in [0.15, 0.2) is 0 Å². The quantitative estimate of drug-likeness (QED) is 0.620. The second-order valence-corrected chi connectivity index (χ2v) is 4.18. The van der Waals surface area contributed by atoms with Gasteiger partial charge in [-0.1, -0.05) is 0 Å². The molecule has 0 aromatic rings. The van der Waals surface area contributed by atoms with Gasteiger partial charge in [0, 0.05) is 6.54 Å². The Morgan fingerprint density at radius 2 is 1.88 bits per heavy atom. The minimum absolute atomic E-state index is 0.225. The van der Waals surface area contributed by atoms with Gasteiger partial charge in [0.25, 0.3) is 0 Å². The highest BCUT2D eigenvalue weighted by molar-refractivity contribution is 5.91. The molecule has 0 aliphatic heterocycles. The molecule has 0 saturated carbocycles. The summed E-state index contributed by atoms with van der Waals surface area (Å²) in [7, 11) is 0. The summed E-state index contributed by atoms with van der Waals surface area (Å²) in [4.78, 5) is 34.8. The van der Waals surface area contributed by atoms with Crippen molar-refractivity contribution in [2.45, 2.75) is 39.3 Å². The highest BCUT2D eigenvalue weighted by Gasteiger charge is 2.38. The number of nitrogens with two attached hydrogens (primary N) is 1. The van der Waals surface area contributed by atoms with Gasteiger partial charge < -0.3 is 21.1 Å². The van der Waals surface area contributed by atoms with Crippen molar-refractivity contribution in [2.24, 2.45) is 5.73 Å². The number of nitrogens with zero attached hydrogens (tertiary/aromatic N) is 1. The monoisotopic (exact) mass is 245 g/mol. The van der Waals surface area contributed by atoms with Crippen LogP contribution < -0.4 is 11.1 Å². The summed E-state index contributed by atoms with van der Waals surface area (Å²) in [6.07, 6.45) is 0. The number of aliphatic carboxylic acids is 1. The number of nitrogens with one attached hydrogen (secondary N) is 1. The number of hydrogen-bond donors (Lipinski definition) is 3. The van der Waals surface area contributed by atoms with Crippen molar-refractivity contribution in [1.82, 2.24) is 10.2 Å². The molecule has 3 amide bonds. The highest BCUT2D eigenvalue weighted by atomic mass is 16.4. The third kappa shape index (κ3) is 3.61. The molecule has 0 heterocycles. The van der Waals surface area contributed by atoms with E-state index >= 15 is 0 Å². The zero-order chi connectivity index (χ0) is 13.8. The number of primary amides is 1. The van der Waals surface area contributed by atoms with Crippen molar-refractivity contribution in [3.05, 3.63) is 0 Å². The standard InChI is InChI=1S/C10H19N3O4/c1-5-13(10(3,4)8(15)16)7(14)6(2)12-9(11)17/h6H,5H2,1-4H3,(H,15,16)(H3,11,12,17). The smallest absolute Gasteiger partial charge is 0.329 e. The molecule has 98 valence electrons. The molecular formula is C10H19N3O4. The number of amides is 3. The Kier molecular flexibility index (Phi) is 4.93. The van der Waals surface area contributed by atoms with Crippen molar-refractivity contribution in [1.29, 1.82) is 0 Å². The highest BCUT2D eigenvalue weighted by Crippen LogP contribution is 2.15. The van der Waals surface area contributed by atoms with Crippen molar-refractivity contribution in [3.8, 4) is 0 Å². The third-order valence-electron chi connectivity index (χ3n) is 2.51. The van der Waals surface area contributed by atoms with Crippen LogP contribution in [0.3, 0.4) is 0 Å². The van der Waals surface area contributed by atoms with Crippen molar-refractivity contribution >= 4 is 17.9 Å². The van der Waals surface area contributed by atoms with Crippen LogP contribution in [0.2, 0.25) is 0 Å². The van der Waals surface area contributed by atoms with Crippen molar-refractivity contribution < 1.29 is 19.5 Å². The molecule has 0 radical (unpaired) electrons. The molecule has 0 fully saturated rings. The number of carboxylic acids is 1. The van der Waals surface area contributed by atoms with Crippen LogP contribution in [-0.4, -0.2) is 46.0 Å². The summed E-state index contributed by atoms with van der Waals surface area (Å²) in [6.45, 7) is 6.19. The normalized spacial score (nSPS) is 12.7.